The Morgan fingerprint density at radius 2 is 2.04 bits per heavy atom. The fraction of sp³-hybridized carbons (Fsp3) is 0.389. The fourth-order valence-electron chi connectivity index (χ4n) is 2.44. The van der Waals surface area contributed by atoms with Crippen LogP contribution < -0.4 is 11.1 Å². The molecule has 0 aliphatic rings. The van der Waals surface area contributed by atoms with Gasteiger partial charge in [-0.1, -0.05) is 0 Å². The summed E-state index contributed by atoms with van der Waals surface area (Å²) in [5.74, 6) is 1.27. The molecule has 0 aliphatic carbocycles. The number of anilines is 2. The van der Waals surface area contributed by atoms with Gasteiger partial charge >= 0.3 is 0 Å². The molecule has 0 aliphatic heterocycles. The Bertz CT molecular complexity index is 852. The van der Waals surface area contributed by atoms with Gasteiger partial charge < -0.3 is 15.8 Å². The number of rotatable bonds is 6. The molecule has 0 unspecified atom stereocenters. The van der Waals surface area contributed by atoms with Crippen molar-refractivity contribution in [3.8, 4) is 11.3 Å². The van der Waals surface area contributed by atoms with Crippen LogP contribution in [0.5, 0.6) is 0 Å². The minimum Gasteiger partial charge on any atom is -0.384 e. The van der Waals surface area contributed by atoms with Crippen LogP contribution in [-0.4, -0.2) is 38.3 Å². The molecule has 7 nitrogen and oxygen atoms in total. The molecule has 0 atom stereocenters. The van der Waals surface area contributed by atoms with Crippen molar-refractivity contribution in [1.82, 2.24) is 19.6 Å². The number of pyridine rings is 1. The summed E-state index contributed by atoms with van der Waals surface area (Å²) in [5.41, 5.74) is 8.27. The van der Waals surface area contributed by atoms with Gasteiger partial charge in [-0.25, -0.2) is 14.5 Å². The Labute approximate surface area is 147 Å². The Balaban J connectivity index is 1.70. The first kappa shape index (κ1) is 17.2. The number of imidazole rings is 1. The van der Waals surface area contributed by atoms with E-state index in [2.05, 4.69) is 41.2 Å². The minimum absolute atomic E-state index is 0.102. The molecular weight excluding hydrogens is 316 g/mol. The number of hydrogen-bond donors (Lipinski definition) is 2. The summed E-state index contributed by atoms with van der Waals surface area (Å²) in [7, 11) is 0. The summed E-state index contributed by atoms with van der Waals surface area (Å²) in [6, 6.07) is 7.58. The molecule has 0 bridgehead atoms. The molecule has 3 heterocycles. The molecule has 0 saturated carbocycles. The van der Waals surface area contributed by atoms with E-state index in [9.17, 15) is 0 Å². The zero-order chi connectivity index (χ0) is 17.9. The van der Waals surface area contributed by atoms with Gasteiger partial charge in [0.1, 0.15) is 11.6 Å². The molecule has 0 amide bonds. The van der Waals surface area contributed by atoms with Crippen molar-refractivity contribution in [1.29, 1.82) is 0 Å². The minimum atomic E-state index is -0.102. The number of hydrogen-bond acceptors (Lipinski definition) is 6. The number of nitrogens with two attached hydrogens (primary N) is 1. The van der Waals surface area contributed by atoms with Crippen molar-refractivity contribution >= 4 is 17.3 Å². The summed E-state index contributed by atoms with van der Waals surface area (Å²) in [6.45, 7) is 7.68. The van der Waals surface area contributed by atoms with Crippen molar-refractivity contribution in [3.63, 3.8) is 0 Å². The first-order chi connectivity index (χ1) is 11.9. The number of ether oxygens (including phenoxy) is 1. The van der Waals surface area contributed by atoms with Crippen molar-refractivity contribution in [2.24, 2.45) is 0 Å². The van der Waals surface area contributed by atoms with Gasteiger partial charge in [0, 0.05) is 24.9 Å². The molecule has 3 rings (SSSR count). The number of nitrogen functional groups attached to an aromatic ring is 1. The molecule has 0 fully saturated rings. The molecule has 132 valence electrons. The Kier molecular flexibility index (Phi) is 4.85. The van der Waals surface area contributed by atoms with Gasteiger partial charge in [0.2, 0.25) is 0 Å². The third-order valence-electron chi connectivity index (χ3n) is 3.60. The maximum Gasteiger partial charge on any atom is 0.154 e. The van der Waals surface area contributed by atoms with Gasteiger partial charge in [0.15, 0.2) is 5.65 Å². The standard InChI is InChI=1S/C18H24N6O/c1-18(2,3)25-10-4-8-21-16-5-6-17-22-12-14(24(17)23-16)13-7-9-20-15(19)11-13/h5-7,9,11-12H,4,8,10H2,1-3H3,(H2,19,20)(H,21,23). The van der Waals surface area contributed by atoms with Crippen LogP contribution in [-0.2, 0) is 4.74 Å². The lowest BCUT2D eigenvalue weighted by Gasteiger charge is -2.19. The van der Waals surface area contributed by atoms with Crippen LogP contribution in [0, 0.1) is 0 Å². The van der Waals surface area contributed by atoms with Gasteiger partial charge in [-0.3, -0.25) is 0 Å². The average Bonchev–Trinajstić information content (AvgIpc) is 2.96. The maximum atomic E-state index is 5.78. The van der Waals surface area contributed by atoms with Crippen LogP contribution in [0.4, 0.5) is 11.6 Å². The number of aromatic nitrogens is 4. The Hall–Kier alpha value is -2.67. The quantitative estimate of drug-likeness (QED) is 0.670. The molecule has 3 aromatic rings. The van der Waals surface area contributed by atoms with E-state index < -0.39 is 0 Å². The summed E-state index contributed by atoms with van der Waals surface area (Å²) >= 11 is 0. The van der Waals surface area contributed by atoms with Crippen molar-refractivity contribution < 1.29 is 4.74 Å². The van der Waals surface area contributed by atoms with E-state index in [0.717, 1.165) is 35.7 Å². The number of nitrogens with one attached hydrogen (secondary N) is 1. The SMILES string of the molecule is CC(C)(C)OCCCNc1ccc2ncc(-c3ccnc(N)c3)n2n1. The predicted molar refractivity (Wildman–Crippen MR) is 99.4 cm³/mol. The van der Waals surface area contributed by atoms with Crippen molar-refractivity contribution in [2.45, 2.75) is 32.8 Å². The highest BCUT2D eigenvalue weighted by molar-refractivity contribution is 5.65. The van der Waals surface area contributed by atoms with Crippen LogP contribution in [0.1, 0.15) is 27.2 Å². The largest absolute Gasteiger partial charge is 0.384 e. The lowest BCUT2D eigenvalue weighted by molar-refractivity contribution is -0.00280. The Morgan fingerprint density at radius 1 is 1.20 bits per heavy atom. The van der Waals surface area contributed by atoms with Crippen LogP contribution in [0.25, 0.3) is 16.9 Å². The Morgan fingerprint density at radius 3 is 2.80 bits per heavy atom. The number of nitrogens with zero attached hydrogens (tertiary/aromatic N) is 4. The summed E-state index contributed by atoms with van der Waals surface area (Å²) in [4.78, 5) is 8.42. The molecule has 3 aromatic heterocycles. The van der Waals surface area contributed by atoms with Crippen LogP contribution in [0.2, 0.25) is 0 Å². The van der Waals surface area contributed by atoms with Gasteiger partial charge in [-0.05, 0) is 51.5 Å². The molecule has 3 N–H and O–H groups in total. The topological polar surface area (TPSA) is 90.4 Å². The van der Waals surface area contributed by atoms with E-state index in [1.54, 1.807) is 12.4 Å². The highest BCUT2D eigenvalue weighted by atomic mass is 16.5. The van der Waals surface area contributed by atoms with Gasteiger partial charge in [-0.15, -0.1) is 5.10 Å². The first-order valence-electron chi connectivity index (χ1n) is 8.37. The van der Waals surface area contributed by atoms with E-state index in [1.165, 1.54) is 0 Å². The van der Waals surface area contributed by atoms with Crippen LogP contribution in [0.3, 0.4) is 0 Å². The second kappa shape index (κ2) is 7.06. The molecule has 7 heteroatoms. The molecule has 0 radical (unpaired) electrons. The zero-order valence-corrected chi connectivity index (χ0v) is 14.9. The fourth-order valence-corrected chi connectivity index (χ4v) is 2.44. The van der Waals surface area contributed by atoms with Crippen LogP contribution in [0.15, 0.2) is 36.7 Å². The summed E-state index contributed by atoms with van der Waals surface area (Å²) in [6.07, 6.45) is 4.38. The summed E-state index contributed by atoms with van der Waals surface area (Å²) < 4.78 is 7.53. The lowest BCUT2D eigenvalue weighted by Crippen LogP contribution is -2.21. The molecule has 0 saturated heterocycles. The summed E-state index contributed by atoms with van der Waals surface area (Å²) in [5, 5.41) is 7.95. The third-order valence-corrected chi connectivity index (χ3v) is 3.60. The second-order valence-corrected chi connectivity index (χ2v) is 6.84. The molecule has 0 aromatic carbocycles. The van der Waals surface area contributed by atoms with Gasteiger partial charge in [0.25, 0.3) is 0 Å². The van der Waals surface area contributed by atoms with E-state index in [4.69, 9.17) is 10.5 Å². The van der Waals surface area contributed by atoms with E-state index >= 15 is 0 Å². The number of fused-ring (bicyclic) bond motifs is 1. The van der Waals surface area contributed by atoms with Crippen molar-refractivity contribution in [3.05, 3.63) is 36.7 Å². The van der Waals surface area contributed by atoms with E-state index in [1.807, 2.05) is 28.8 Å². The first-order valence-corrected chi connectivity index (χ1v) is 8.37. The van der Waals surface area contributed by atoms with E-state index in [-0.39, 0.29) is 5.60 Å². The smallest absolute Gasteiger partial charge is 0.154 e. The highest BCUT2D eigenvalue weighted by Gasteiger charge is 2.10. The van der Waals surface area contributed by atoms with E-state index in [0.29, 0.717) is 12.4 Å². The monoisotopic (exact) mass is 340 g/mol. The molecule has 25 heavy (non-hydrogen) atoms. The zero-order valence-electron chi connectivity index (χ0n) is 14.9. The third kappa shape index (κ3) is 4.45. The predicted octanol–water partition coefficient (Wildman–Crippen LogP) is 2.99. The lowest BCUT2D eigenvalue weighted by atomic mass is 10.2. The normalized spacial score (nSPS) is 11.8. The van der Waals surface area contributed by atoms with Gasteiger partial charge in [0.05, 0.1) is 17.5 Å². The van der Waals surface area contributed by atoms with Crippen molar-refractivity contribution in [2.75, 3.05) is 24.2 Å². The maximum absolute atomic E-state index is 5.78. The van der Waals surface area contributed by atoms with Crippen LogP contribution >= 0.6 is 0 Å². The average molecular weight is 340 g/mol. The molecule has 0 spiro atoms. The highest BCUT2D eigenvalue weighted by Crippen LogP contribution is 2.21. The second-order valence-electron chi connectivity index (χ2n) is 6.84. The van der Waals surface area contributed by atoms with Gasteiger partial charge in [-0.2, -0.15) is 0 Å². The molecular formula is C18H24N6O.